The van der Waals surface area contributed by atoms with Crippen LogP contribution < -0.4 is 5.11 Å². The maximum Gasteiger partial charge on any atom is 0.416 e. The van der Waals surface area contributed by atoms with Crippen molar-refractivity contribution in [1.29, 1.82) is 0 Å². The summed E-state index contributed by atoms with van der Waals surface area (Å²) in [5, 5.41) is 13.4. The standard InChI is InChI=1S/C41H36F3NO5S/c1-40(2,3)38(39(46)47)45(26-28-12-9-13-32(24-28)41(42,43)44)51(48,49)33-22-20-30(21-23-33)29-16-18-31(19-17-29)37-34-14-7-8-15-35(34)50-36(37)25-27-10-5-4-6-11-27/h4-24,38H,25-26H2,1-3H3,(H,46,47)/p-1. The van der Waals surface area contributed by atoms with Crippen LogP contribution in [0.15, 0.2) is 137 Å². The summed E-state index contributed by atoms with van der Waals surface area (Å²) < 4.78 is 75.6. The Morgan fingerprint density at radius 1 is 0.745 bits per heavy atom. The largest absolute Gasteiger partial charge is 0.548 e. The van der Waals surface area contributed by atoms with Gasteiger partial charge in [0.25, 0.3) is 0 Å². The summed E-state index contributed by atoms with van der Waals surface area (Å²) in [7, 11) is -4.54. The van der Waals surface area contributed by atoms with E-state index in [1.54, 1.807) is 12.1 Å². The smallest absolute Gasteiger partial charge is 0.416 e. The highest BCUT2D eigenvalue weighted by Gasteiger charge is 2.40. The van der Waals surface area contributed by atoms with E-state index in [0.29, 0.717) is 16.3 Å². The lowest BCUT2D eigenvalue weighted by Crippen LogP contribution is -2.56. The molecule has 0 amide bonds. The number of para-hydroxylation sites is 1. The Morgan fingerprint density at radius 3 is 1.92 bits per heavy atom. The molecule has 0 spiro atoms. The second-order valence-corrected chi connectivity index (χ2v) is 15.4. The number of carboxylic acids is 1. The Hall–Kier alpha value is -5.19. The second-order valence-electron chi connectivity index (χ2n) is 13.5. The van der Waals surface area contributed by atoms with E-state index >= 15 is 0 Å². The van der Waals surface area contributed by atoms with Crippen molar-refractivity contribution in [3.05, 3.63) is 150 Å². The van der Waals surface area contributed by atoms with Crippen molar-refractivity contribution in [2.75, 3.05) is 0 Å². The number of aliphatic carboxylic acids is 1. The first-order valence-electron chi connectivity index (χ1n) is 16.3. The average Bonchev–Trinajstić information content (AvgIpc) is 3.45. The number of alkyl halides is 3. The first kappa shape index (κ1) is 35.6. The predicted molar refractivity (Wildman–Crippen MR) is 189 cm³/mol. The summed E-state index contributed by atoms with van der Waals surface area (Å²) in [6.45, 7) is 3.99. The van der Waals surface area contributed by atoms with Crippen LogP contribution in [0.25, 0.3) is 33.2 Å². The molecule has 0 fully saturated rings. The molecule has 0 saturated heterocycles. The zero-order valence-electron chi connectivity index (χ0n) is 28.1. The molecule has 6 aromatic rings. The topological polar surface area (TPSA) is 90.6 Å². The van der Waals surface area contributed by atoms with Gasteiger partial charge in [-0.05, 0) is 57.5 Å². The highest BCUT2D eigenvalue weighted by molar-refractivity contribution is 7.89. The average molecular weight is 711 g/mol. The molecule has 1 atom stereocenters. The Bertz CT molecular complexity index is 2270. The van der Waals surface area contributed by atoms with Crippen molar-refractivity contribution < 1.29 is 35.9 Å². The van der Waals surface area contributed by atoms with Crippen molar-refractivity contribution in [3.63, 3.8) is 0 Å². The van der Waals surface area contributed by atoms with E-state index in [2.05, 4.69) is 12.1 Å². The van der Waals surface area contributed by atoms with E-state index < -0.39 is 45.7 Å². The third-order valence-corrected chi connectivity index (χ3v) is 10.6. The molecule has 262 valence electrons. The molecule has 6 nitrogen and oxygen atoms in total. The van der Waals surface area contributed by atoms with E-state index in [1.165, 1.54) is 39.0 Å². The van der Waals surface area contributed by atoms with Gasteiger partial charge >= 0.3 is 6.18 Å². The number of halogens is 3. The number of fused-ring (bicyclic) bond motifs is 1. The number of carboxylic acid groups (broad SMARTS) is 1. The molecule has 5 aromatic carbocycles. The third-order valence-electron chi connectivity index (χ3n) is 8.77. The zero-order valence-corrected chi connectivity index (χ0v) is 29.0. The lowest BCUT2D eigenvalue weighted by Gasteiger charge is -2.40. The second kappa shape index (κ2) is 13.8. The summed E-state index contributed by atoms with van der Waals surface area (Å²) in [4.78, 5) is 12.2. The van der Waals surface area contributed by atoms with Gasteiger partial charge in [-0.2, -0.15) is 17.5 Å². The van der Waals surface area contributed by atoms with E-state index in [9.17, 15) is 31.5 Å². The molecule has 1 heterocycles. The number of hydrogen-bond acceptors (Lipinski definition) is 5. The maximum atomic E-state index is 14.1. The van der Waals surface area contributed by atoms with Gasteiger partial charge in [0, 0.05) is 23.9 Å². The van der Waals surface area contributed by atoms with Crippen LogP contribution in [0.4, 0.5) is 13.2 Å². The van der Waals surface area contributed by atoms with Crippen LogP contribution in [0.3, 0.4) is 0 Å². The van der Waals surface area contributed by atoms with Gasteiger partial charge < -0.3 is 14.3 Å². The number of furan rings is 1. The summed E-state index contributed by atoms with van der Waals surface area (Å²) in [5.74, 6) is -0.823. The van der Waals surface area contributed by atoms with Gasteiger partial charge in [-0.3, -0.25) is 0 Å². The van der Waals surface area contributed by atoms with Crippen molar-refractivity contribution in [2.45, 2.75) is 50.9 Å². The molecule has 10 heteroatoms. The summed E-state index contributed by atoms with van der Waals surface area (Å²) in [5.41, 5.74) is 3.22. The van der Waals surface area contributed by atoms with Crippen molar-refractivity contribution in [2.24, 2.45) is 5.41 Å². The molecule has 0 radical (unpaired) electrons. The predicted octanol–water partition coefficient (Wildman–Crippen LogP) is 8.73. The molecule has 0 bridgehead atoms. The lowest BCUT2D eigenvalue weighted by molar-refractivity contribution is -0.313. The molecular formula is C41H35F3NO5S-. The quantitative estimate of drug-likeness (QED) is 0.142. The Balaban J connectivity index is 1.32. The molecule has 0 aliphatic rings. The van der Waals surface area contributed by atoms with Crippen LogP contribution in [-0.2, 0) is 34.0 Å². The number of hydrogen-bond donors (Lipinski definition) is 0. The fraction of sp³-hybridized carbons (Fsp3) is 0.195. The fourth-order valence-electron chi connectivity index (χ4n) is 6.35. The van der Waals surface area contributed by atoms with Crippen LogP contribution >= 0.6 is 0 Å². The highest BCUT2D eigenvalue weighted by Crippen LogP contribution is 2.38. The Labute approximate surface area is 294 Å². The first-order chi connectivity index (χ1) is 24.1. The van der Waals surface area contributed by atoms with Crippen molar-refractivity contribution >= 4 is 27.0 Å². The van der Waals surface area contributed by atoms with Crippen molar-refractivity contribution in [1.82, 2.24) is 4.31 Å². The minimum atomic E-state index is -4.66. The Kier molecular flexibility index (Phi) is 9.67. The zero-order chi connectivity index (χ0) is 36.6. The van der Waals surface area contributed by atoms with Gasteiger partial charge in [0.15, 0.2) is 0 Å². The molecule has 1 aromatic heterocycles. The monoisotopic (exact) mass is 710 g/mol. The van der Waals surface area contributed by atoms with Gasteiger partial charge in [-0.25, -0.2) is 8.42 Å². The minimum absolute atomic E-state index is 0.0158. The van der Waals surface area contributed by atoms with Crippen LogP contribution in [0, 0.1) is 5.41 Å². The van der Waals surface area contributed by atoms with Crippen LogP contribution in [0.1, 0.15) is 43.2 Å². The van der Waals surface area contributed by atoms with Crippen molar-refractivity contribution in [3.8, 4) is 22.3 Å². The molecule has 6 rings (SSSR count). The third kappa shape index (κ3) is 7.62. The molecule has 51 heavy (non-hydrogen) atoms. The van der Waals surface area contributed by atoms with E-state index in [-0.39, 0.29) is 10.5 Å². The van der Waals surface area contributed by atoms with E-state index in [1.807, 2.05) is 66.7 Å². The van der Waals surface area contributed by atoms with Gasteiger partial charge in [-0.1, -0.05) is 124 Å². The molecule has 1 unspecified atom stereocenters. The lowest BCUT2D eigenvalue weighted by atomic mass is 9.86. The normalized spacial score (nSPS) is 13.1. The molecule has 0 aliphatic carbocycles. The Morgan fingerprint density at radius 2 is 1.31 bits per heavy atom. The summed E-state index contributed by atoms with van der Waals surface area (Å²) in [6, 6.07) is 34.2. The van der Waals surface area contributed by atoms with Crippen LogP contribution in [-0.4, -0.2) is 24.7 Å². The van der Waals surface area contributed by atoms with Gasteiger partial charge in [0.2, 0.25) is 10.0 Å². The maximum absolute atomic E-state index is 14.1. The number of carbonyl (C=O) groups is 1. The molecular weight excluding hydrogens is 676 g/mol. The van der Waals surface area contributed by atoms with E-state index in [0.717, 1.165) is 57.2 Å². The first-order valence-corrected chi connectivity index (χ1v) is 17.7. The van der Waals surface area contributed by atoms with Crippen LogP contribution in [0.2, 0.25) is 0 Å². The van der Waals surface area contributed by atoms with Gasteiger partial charge in [0.05, 0.1) is 22.5 Å². The number of nitrogens with zero attached hydrogens (tertiary/aromatic N) is 1. The fourth-order valence-corrected chi connectivity index (χ4v) is 8.10. The summed E-state index contributed by atoms with van der Waals surface area (Å²) in [6.07, 6.45) is -4.05. The summed E-state index contributed by atoms with van der Waals surface area (Å²) >= 11 is 0. The van der Waals surface area contributed by atoms with Gasteiger partial charge in [-0.15, -0.1) is 0 Å². The number of carbonyl (C=O) groups excluding carboxylic acids is 1. The number of rotatable bonds is 10. The molecule has 0 aliphatic heterocycles. The SMILES string of the molecule is CC(C)(C)C(C(=O)[O-])N(Cc1cccc(C(F)(F)F)c1)S(=O)(=O)c1ccc(-c2ccc(-c3c(Cc4ccccc4)oc4ccccc34)cc2)cc1. The molecule has 0 N–H and O–H groups in total. The number of sulfonamides is 1. The minimum Gasteiger partial charge on any atom is -0.548 e. The van der Waals surface area contributed by atoms with Crippen LogP contribution in [0.5, 0.6) is 0 Å². The van der Waals surface area contributed by atoms with E-state index in [4.69, 9.17) is 4.42 Å². The van der Waals surface area contributed by atoms with Gasteiger partial charge in [0.1, 0.15) is 11.3 Å². The highest BCUT2D eigenvalue weighted by atomic mass is 32.2. The number of benzene rings is 5. The molecule has 0 saturated carbocycles.